The molecule has 6 heteroatoms. The Morgan fingerprint density at radius 1 is 1.25 bits per heavy atom. The van der Waals surface area contributed by atoms with Crippen LogP contribution in [0.4, 0.5) is 5.69 Å². The molecule has 1 saturated heterocycles. The van der Waals surface area contributed by atoms with Gasteiger partial charge in [-0.3, -0.25) is 4.79 Å². The second kappa shape index (κ2) is 9.94. The second-order valence-electron chi connectivity index (χ2n) is 7.44. The number of nitrogens with one attached hydrogen (secondary N) is 2. The summed E-state index contributed by atoms with van der Waals surface area (Å²) in [5.74, 6) is 1.05. The summed E-state index contributed by atoms with van der Waals surface area (Å²) < 4.78 is 5.27. The summed E-state index contributed by atoms with van der Waals surface area (Å²) >= 11 is 1.80. The van der Waals surface area contributed by atoms with Gasteiger partial charge in [-0.25, -0.2) is 0 Å². The van der Waals surface area contributed by atoms with Crippen molar-refractivity contribution in [3.8, 4) is 5.75 Å². The Bertz CT molecular complexity index is 725. The van der Waals surface area contributed by atoms with E-state index in [0.717, 1.165) is 38.3 Å². The van der Waals surface area contributed by atoms with Crippen LogP contribution in [0.2, 0.25) is 0 Å². The fourth-order valence-electron chi connectivity index (χ4n) is 4.06. The Hall–Kier alpha value is -2.05. The molecular weight excluding hydrogens is 370 g/mol. The molecule has 5 nitrogen and oxygen atoms in total. The first-order chi connectivity index (χ1) is 13.6. The molecule has 0 unspecified atom stereocenters. The zero-order valence-electron chi connectivity index (χ0n) is 17.1. The first-order valence-corrected chi connectivity index (χ1v) is 11.1. The van der Waals surface area contributed by atoms with E-state index >= 15 is 0 Å². The van der Waals surface area contributed by atoms with E-state index in [1.807, 2.05) is 19.1 Å². The van der Waals surface area contributed by atoms with Crippen LogP contribution in [0, 0.1) is 0 Å². The molecule has 2 aromatic rings. The quantitative estimate of drug-likeness (QED) is 0.713. The first-order valence-electron chi connectivity index (χ1n) is 10.2. The van der Waals surface area contributed by atoms with Gasteiger partial charge >= 0.3 is 0 Å². The van der Waals surface area contributed by atoms with E-state index in [0.29, 0.717) is 12.5 Å². The smallest absolute Gasteiger partial charge is 0.220 e. The number of rotatable bonds is 8. The Morgan fingerprint density at radius 3 is 2.54 bits per heavy atom. The van der Waals surface area contributed by atoms with E-state index in [9.17, 15) is 4.79 Å². The molecule has 2 atom stereocenters. The molecule has 2 heterocycles. The number of thiophene rings is 1. The van der Waals surface area contributed by atoms with Crippen molar-refractivity contribution in [2.75, 3.05) is 38.2 Å². The lowest BCUT2D eigenvalue weighted by atomic mass is 10.0. The van der Waals surface area contributed by atoms with Gasteiger partial charge in [0.2, 0.25) is 5.91 Å². The van der Waals surface area contributed by atoms with Gasteiger partial charge in [-0.1, -0.05) is 13.0 Å². The topological polar surface area (TPSA) is 46.0 Å². The zero-order valence-corrected chi connectivity index (χ0v) is 17.9. The number of hydrogen-bond acceptors (Lipinski definition) is 4. The van der Waals surface area contributed by atoms with Crippen molar-refractivity contribution < 1.29 is 14.4 Å². The van der Waals surface area contributed by atoms with Gasteiger partial charge in [-0.05, 0) is 49.1 Å². The van der Waals surface area contributed by atoms with Crippen LogP contribution in [0.15, 0.2) is 41.8 Å². The van der Waals surface area contributed by atoms with Crippen molar-refractivity contribution in [1.82, 2.24) is 5.32 Å². The number of amides is 1. The summed E-state index contributed by atoms with van der Waals surface area (Å²) in [6.45, 7) is 8.34. The highest BCUT2D eigenvalue weighted by atomic mass is 32.1. The standard InChI is InChI=1S/C22H31N3O2S/c1-4-6-21(26)23-17(2)22(20-7-5-16-28-20)25-14-12-24(13-15-25)18-8-10-19(27-3)11-9-18/h5,7-11,16-17,22H,4,6,12-15H2,1-3H3,(H,23,26)/p+1/t17-,22-/m0/s1. The van der Waals surface area contributed by atoms with Crippen molar-refractivity contribution in [2.45, 2.75) is 38.8 Å². The van der Waals surface area contributed by atoms with Gasteiger partial charge in [0, 0.05) is 12.1 Å². The van der Waals surface area contributed by atoms with E-state index in [-0.39, 0.29) is 11.9 Å². The van der Waals surface area contributed by atoms with Crippen LogP contribution in [0.25, 0.3) is 0 Å². The third-order valence-electron chi connectivity index (χ3n) is 5.50. The molecule has 3 rings (SSSR count). The number of quaternary nitrogens is 1. The molecule has 1 aromatic carbocycles. The van der Waals surface area contributed by atoms with Crippen LogP contribution in [-0.4, -0.2) is 45.2 Å². The highest BCUT2D eigenvalue weighted by Gasteiger charge is 2.34. The number of hydrogen-bond donors (Lipinski definition) is 2. The Morgan fingerprint density at radius 2 is 1.96 bits per heavy atom. The predicted molar refractivity (Wildman–Crippen MR) is 115 cm³/mol. The minimum atomic E-state index is 0.125. The number of piperazine rings is 1. The lowest BCUT2D eigenvalue weighted by Crippen LogP contribution is -3.16. The summed E-state index contributed by atoms with van der Waals surface area (Å²) in [7, 11) is 1.70. The maximum absolute atomic E-state index is 12.2. The van der Waals surface area contributed by atoms with E-state index in [1.165, 1.54) is 10.6 Å². The number of anilines is 1. The molecule has 152 valence electrons. The maximum Gasteiger partial charge on any atom is 0.220 e. The number of carbonyl (C=O) groups is 1. The van der Waals surface area contributed by atoms with Crippen LogP contribution < -0.4 is 19.9 Å². The largest absolute Gasteiger partial charge is 0.497 e. The van der Waals surface area contributed by atoms with Crippen molar-refractivity contribution in [3.63, 3.8) is 0 Å². The monoisotopic (exact) mass is 402 g/mol. The molecule has 0 radical (unpaired) electrons. The normalized spacial score (nSPS) is 17.2. The number of benzene rings is 1. The van der Waals surface area contributed by atoms with Gasteiger partial charge in [-0.2, -0.15) is 0 Å². The van der Waals surface area contributed by atoms with Crippen LogP contribution in [0.1, 0.15) is 37.6 Å². The van der Waals surface area contributed by atoms with Crippen molar-refractivity contribution in [3.05, 3.63) is 46.7 Å². The third kappa shape index (κ3) is 5.06. The predicted octanol–water partition coefficient (Wildman–Crippen LogP) is 2.51. The molecule has 1 amide bonds. The second-order valence-corrected chi connectivity index (χ2v) is 8.42. The zero-order chi connectivity index (χ0) is 19.9. The van der Waals surface area contributed by atoms with Crippen molar-refractivity contribution in [1.29, 1.82) is 0 Å². The van der Waals surface area contributed by atoms with Gasteiger partial charge < -0.3 is 19.9 Å². The van der Waals surface area contributed by atoms with Crippen LogP contribution in [0.5, 0.6) is 5.75 Å². The molecule has 1 aliphatic rings. The molecule has 1 aliphatic heterocycles. The van der Waals surface area contributed by atoms with Gasteiger partial charge in [0.25, 0.3) is 0 Å². The lowest BCUT2D eigenvalue weighted by molar-refractivity contribution is -0.933. The fraction of sp³-hybridized carbons (Fsp3) is 0.500. The minimum absolute atomic E-state index is 0.125. The number of carbonyl (C=O) groups excluding carboxylic acids is 1. The molecule has 0 spiro atoms. The summed E-state index contributed by atoms with van der Waals surface area (Å²) in [6.07, 6.45) is 1.48. The Labute approximate surface area is 172 Å². The first kappa shape index (κ1) is 20.7. The summed E-state index contributed by atoms with van der Waals surface area (Å²) in [4.78, 5) is 17.5. The average Bonchev–Trinajstić information content (AvgIpc) is 3.23. The average molecular weight is 403 g/mol. The van der Waals surface area contributed by atoms with E-state index in [2.05, 4.69) is 46.8 Å². The van der Waals surface area contributed by atoms with Crippen LogP contribution >= 0.6 is 11.3 Å². The van der Waals surface area contributed by atoms with Gasteiger partial charge in [0.05, 0.1) is 44.2 Å². The molecular formula is C22H32N3O2S+. The molecule has 0 saturated carbocycles. The minimum Gasteiger partial charge on any atom is -0.497 e. The van der Waals surface area contributed by atoms with Gasteiger partial charge in [0.15, 0.2) is 0 Å². The van der Waals surface area contributed by atoms with E-state index in [4.69, 9.17) is 4.74 Å². The summed E-state index contributed by atoms with van der Waals surface area (Å²) in [5.41, 5.74) is 1.25. The van der Waals surface area contributed by atoms with Crippen LogP contribution in [-0.2, 0) is 4.79 Å². The van der Waals surface area contributed by atoms with Crippen molar-refractivity contribution in [2.24, 2.45) is 0 Å². The molecule has 0 bridgehead atoms. The highest BCUT2D eigenvalue weighted by molar-refractivity contribution is 7.10. The third-order valence-corrected chi connectivity index (χ3v) is 6.45. The molecule has 1 aromatic heterocycles. The maximum atomic E-state index is 12.2. The molecule has 0 aliphatic carbocycles. The lowest BCUT2D eigenvalue weighted by Gasteiger charge is -2.39. The fourth-order valence-corrected chi connectivity index (χ4v) is 5.05. The molecule has 2 N–H and O–H groups in total. The molecule has 28 heavy (non-hydrogen) atoms. The molecule has 1 fully saturated rings. The van der Waals surface area contributed by atoms with Gasteiger partial charge in [0.1, 0.15) is 11.8 Å². The SMILES string of the molecule is CCCC(=O)N[C@@H](C)[C@@H](c1cccs1)[NH+]1CCN(c2ccc(OC)cc2)CC1. The highest BCUT2D eigenvalue weighted by Crippen LogP contribution is 2.22. The van der Waals surface area contributed by atoms with Crippen LogP contribution in [0.3, 0.4) is 0 Å². The summed E-state index contributed by atoms with van der Waals surface area (Å²) in [6, 6.07) is 13.1. The van der Waals surface area contributed by atoms with Crippen molar-refractivity contribution >= 4 is 22.9 Å². The van der Waals surface area contributed by atoms with E-state index < -0.39 is 0 Å². The number of ether oxygens (including phenoxy) is 1. The van der Waals surface area contributed by atoms with E-state index in [1.54, 1.807) is 23.3 Å². The Kier molecular flexibility index (Phi) is 7.34. The number of nitrogens with zero attached hydrogens (tertiary/aromatic N) is 1. The summed E-state index contributed by atoms with van der Waals surface area (Å²) in [5, 5.41) is 5.38. The Balaban J connectivity index is 1.66. The number of methoxy groups -OCH3 is 1. The van der Waals surface area contributed by atoms with Gasteiger partial charge in [-0.15, -0.1) is 11.3 Å².